The number of fused-ring (bicyclic) bond motifs is 1. The molecule has 164 valence electrons. The van der Waals surface area contributed by atoms with E-state index >= 15 is 0 Å². The Labute approximate surface area is 180 Å². The van der Waals surface area contributed by atoms with Gasteiger partial charge in [-0.25, -0.2) is 14.2 Å². The summed E-state index contributed by atoms with van der Waals surface area (Å²) in [5.74, 6) is 0.346. The second-order valence-electron chi connectivity index (χ2n) is 9.03. The zero-order valence-corrected chi connectivity index (χ0v) is 18.0. The van der Waals surface area contributed by atoms with Gasteiger partial charge in [0, 0.05) is 30.6 Å². The number of ether oxygens (including phenoxy) is 1. The van der Waals surface area contributed by atoms with E-state index in [9.17, 15) is 14.3 Å². The van der Waals surface area contributed by atoms with E-state index in [1.807, 2.05) is 12.1 Å². The first-order chi connectivity index (χ1) is 14.7. The van der Waals surface area contributed by atoms with Crippen LogP contribution in [0.3, 0.4) is 0 Å². The van der Waals surface area contributed by atoms with Crippen LogP contribution in [-0.4, -0.2) is 34.2 Å². The minimum Gasteiger partial charge on any atom is -0.473 e. The van der Waals surface area contributed by atoms with Gasteiger partial charge in [-0.2, -0.15) is 0 Å². The molecule has 1 N–H and O–H groups in total. The molecule has 31 heavy (non-hydrogen) atoms. The second-order valence-corrected chi connectivity index (χ2v) is 9.03. The fourth-order valence-corrected chi connectivity index (χ4v) is 4.18. The summed E-state index contributed by atoms with van der Waals surface area (Å²) in [6, 6.07) is 8.58. The van der Waals surface area contributed by atoms with Gasteiger partial charge >= 0.3 is 6.09 Å². The van der Waals surface area contributed by atoms with Crippen molar-refractivity contribution in [2.45, 2.75) is 51.6 Å². The quantitative estimate of drug-likeness (QED) is 0.579. The minimum absolute atomic E-state index is 0.0952. The molecule has 1 fully saturated rings. The van der Waals surface area contributed by atoms with E-state index in [-0.39, 0.29) is 23.8 Å². The van der Waals surface area contributed by atoms with Crippen molar-refractivity contribution in [3.63, 3.8) is 0 Å². The number of aromatic nitrogens is 1. The highest BCUT2D eigenvalue weighted by atomic mass is 19.1. The number of carboxylic acid groups (broad SMARTS) is 1. The van der Waals surface area contributed by atoms with Crippen molar-refractivity contribution >= 4 is 17.1 Å². The standard InChI is InChI=1S/C24H27FN2O4/c1-24(2,3)18-5-7-20(26-21(18)15-8-11-27(12-9-15)23(28)29)31-14-16-4-6-19(25)17-10-13-30-22(16)17/h4-7,10,13,15H,8-9,11-12,14H2,1-3H3,(H,28,29). The fourth-order valence-electron chi connectivity index (χ4n) is 4.18. The molecule has 1 aliphatic heterocycles. The van der Waals surface area contributed by atoms with Crippen LogP contribution in [0.4, 0.5) is 9.18 Å². The molecule has 3 aromatic rings. The number of likely N-dealkylation sites (tertiary alicyclic amines) is 1. The first-order valence-corrected chi connectivity index (χ1v) is 10.5. The van der Waals surface area contributed by atoms with Crippen LogP contribution in [0.15, 0.2) is 41.0 Å². The number of rotatable bonds is 4. The molecular weight excluding hydrogens is 399 g/mol. The number of furan rings is 1. The van der Waals surface area contributed by atoms with E-state index in [0.29, 0.717) is 29.9 Å². The summed E-state index contributed by atoms with van der Waals surface area (Å²) in [5.41, 5.74) is 3.25. The third-order valence-electron chi connectivity index (χ3n) is 5.88. The Morgan fingerprint density at radius 2 is 1.97 bits per heavy atom. The summed E-state index contributed by atoms with van der Waals surface area (Å²) in [6.07, 6.45) is 2.06. The van der Waals surface area contributed by atoms with Gasteiger partial charge in [-0.05, 0) is 42.0 Å². The Kier molecular flexibility index (Phi) is 5.60. The largest absolute Gasteiger partial charge is 0.473 e. The van der Waals surface area contributed by atoms with Gasteiger partial charge in [0.2, 0.25) is 5.88 Å². The van der Waals surface area contributed by atoms with Crippen molar-refractivity contribution in [1.29, 1.82) is 0 Å². The van der Waals surface area contributed by atoms with Crippen molar-refractivity contribution in [3.05, 3.63) is 59.2 Å². The van der Waals surface area contributed by atoms with Crippen LogP contribution in [0.1, 0.15) is 56.4 Å². The molecule has 0 unspecified atom stereocenters. The molecule has 1 saturated heterocycles. The normalized spacial score (nSPS) is 15.4. The maximum absolute atomic E-state index is 13.9. The van der Waals surface area contributed by atoms with Crippen molar-refractivity contribution in [1.82, 2.24) is 9.88 Å². The van der Waals surface area contributed by atoms with E-state index in [1.165, 1.54) is 17.2 Å². The van der Waals surface area contributed by atoms with Gasteiger partial charge in [0.25, 0.3) is 0 Å². The number of hydrogen-bond acceptors (Lipinski definition) is 4. The van der Waals surface area contributed by atoms with Gasteiger partial charge in [-0.15, -0.1) is 0 Å². The molecule has 0 radical (unpaired) electrons. The molecule has 4 rings (SSSR count). The number of amides is 1. The third-order valence-corrected chi connectivity index (χ3v) is 5.88. The number of halogens is 1. The molecule has 0 spiro atoms. The molecule has 1 amide bonds. The maximum atomic E-state index is 13.9. The van der Waals surface area contributed by atoms with Crippen LogP contribution < -0.4 is 4.74 Å². The molecule has 1 aromatic carbocycles. The predicted octanol–water partition coefficient (Wildman–Crippen LogP) is 5.70. The Hall–Kier alpha value is -3.09. The number of piperidine rings is 1. The summed E-state index contributed by atoms with van der Waals surface area (Å²) in [4.78, 5) is 17.5. The summed E-state index contributed by atoms with van der Waals surface area (Å²) in [6.45, 7) is 7.65. The highest BCUT2D eigenvalue weighted by Crippen LogP contribution is 2.36. The van der Waals surface area contributed by atoms with E-state index < -0.39 is 6.09 Å². The smallest absolute Gasteiger partial charge is 0.407 e. The lowest BCUT2D eigenvalue weighted by molar-refractivity contribution is 0.131. The number of pyridine rings is 1. The molecule has 0 bridgehead atoms. The number of hydrogen-bond donors (Lipinski definition) is 1. The second kappa shape index (κ2) is 8.21. The zero-order valence-electron chi connectivity index (χ0n) is 18.0. The highest BCUT2D eigenvalue weighted by Gasteiger charge is 2.29. The fraction of sp³-hybridized carbons (Fsp3) is 0.417. The maximum Gasteiger partial charge on any atom is 0.407 e. The van der Waals surface area contributed by atoms with Crippen LogP contribution in [0.5, 0.6) is 5.88 Å². The van der Waals surface area contributed by atoms with Gasteiger partial charge in [0.1, 0.15) is 18.0 Å². The Balaban J connectivity index is 1.58. The summed E-state index contributed by atoms with van der Waals surface area (Å²) >= 11 is 0. The topological polar surface area (TPSA) is 75.8 Å². The van der Waals surface area contributed by atoms with E-state index in [4.69, 9.17) is 14.1 Å². The number of benzene rings is 1. The van der Waals surface area contributed by atoms with Crippen LogP contribution in [0.2, 0.25) is 0 Å². The average Bonchev–Trinajstić information content (AvgIpc) is 3.23. The van der Waals surface area contributed by atoms with Gasteiger partial charge in [0.15, 0.2) is 0 Å². The number of carbonyl (C=O) groups is 1. The summed E-state index contributed by atoms with van der Waals surface area (Å²) in [7, 11) is 0. The van der Waals surface area contributed by atoms with Crippen molar-refractivity contribution in [2.75, 3.05) is 13.1 Å². The van der Waals surface area contributed by atoms with Gasteiger partial charge in [-0.3, -0.25) is 0 Å². The lowest BCUT2D eigenvalue weighted by Crippen LogP contribution is -2.37. The lowest BCUT2D eigenvalue weighted by atomic mass is 9.80. The molecule has 6 nitrogen and oxygen atoms in total. The molecule has 3 heterocycles. The van der Waals surface area contributed by atoms with E-state index in [2.05, 4.69) is 20.8 Å². The Bertz CT molecular complexity index is 1090. The average molecular weight is 426 g/mol. The lowest BCUT2D eigenvalue weighted by Gasteiger charge is -2.33. The molecule has 2 aromatic heterocycles. The Morgan fingerprint density at radius 1 is 1.23 bits per heavy atom. The minimum atomic E-state index is -0.872. The van der Waals surface area contributed by atoms with Crippen LogP contribution in [0.25, 0.3) is 11.0 Å². The molecule has 0 atom stereocenters. The van der Waals surface area contributed by atoms with Gasteiger partial charge < -0.3 is 19.2 Å². The molecular formula is C24H27FN2O4. The van der Waals surface area contributed by atoms with Crippen LogP contribution in [0, 0.1) is 5.82 Å². The first kappa shape index (κ1) is 21.2. The number of nitrogens with zero attached hydrogens (tertiary/aromatic N) is 2. The highest BCUT2D eigenvalue weighted by molar-refractivity contribution is 5.80. The summed E-state index contributed by atoms with van der Waals surface area (Å²) in [5, 5.41) is 9.67. The molecule has 7 heteroatoms. The first-order valence-electron chi connectivity index (χ1n) is 10.5. The van der Waals surface area contributed by atoms with Gasteiger partial charge in [0.05, 0.1) is 17.3 Å². The molecule has 1 aliphatic rings. The van der Waals surface area contributed by atoms with Gasteiger partial charge in [-0.1, -0.05) is 26.8 Å². The SMILES string of the molecule is CC(C)(C)c1ccc(OCc2ccc(F)c3ccoc23)nc1C1CCN(C(=O)O)CC1. The van der Waals surface area contributed by atoms with Crippen molar-refractivity contribution in [3.8, 4) is 5.88 Å². The third kappa shape index (κ3) is 4.36. The van der Waals surface area contributed by atoms with Crippen molar-refractivity contribution < 1.29 is 23.4 Å². The predicted molar refractivity (Wildman–Crippen MR) is 115 cm³/mol. The monoisotopic (exact) mass is 426 g/mol. The zero-order chi connectivity index (χ0) is 22.2. The molecule has 0 saturated carbocycles. The van der Waals surface area contributed by atoms with E-state index in [0.717, 1.165) is 29.7 Å². The van der Waals surface area contributed by atoms with Crippen LogP contribution >= 0.6 is 0 Å². The van der Waals surface area contributed by atoms with E-state index in [1.54, 1.807) is 12.1 Å². The molecule has 0 aliphatic carbocycles. The Morgan fingerprint density at radius 3 is 2.65 bits per heavy atom. The summed E-state index contributed by atoms with van der Waals surface area (Å²) < 4.78 is 25.3. The van der Waals surface area contributed by atoms with Crippen LogP contribution in [-0.2, 0) is 12.0 Å². The van der Waals surface area contributed by atoms with Crippen molar-refractivity contribution in [2.24, 2.45) is 0 Å².